The molecule has 0 spiro atoms. The molecule has 1 aliphatic heterocycles. The highest BCUT2D eigenvalue weighted by Gasteiger charge is 2.28. The first-order valence-corrected chi connectivity index (χ1v) is 7.37. The van der Waals surface area contributed by atoms with Crippen molar-refractivity contribution in [3.63, 3.8) is 0 Å². The first-order chi connectivity index (χ1) is 9.13. The van der Waals surface area contributed by atoms with Gasteiger partial charge in [-0.2, -0.15) is 0 Å². The molecule has 1 fully saturated rings. The van der Waals surface area contributed by atoms with Gasteiger partial charge in [0.15, 0.2) is 0 Å². The number of hydrogen-bond acceptors (Lipinski definition) is 3. The van der Waals surface area contributed by atoms with Crippen molar-refractivity contribution in [2.45, 2.75) is 33.2 Å². The van der Waals surface area contributed by atoms with E-state index in [0.29, 0.717) is 17.7 Å². The van der Waals surface area contributed by atoms with Crippen LogP contribution in [-0.2, 0) is 0 Å². The van der Waals surface area contributed by atoms with E-state index in [2.05, 4.69) is 36.2 Å². The topological polar surface area (TPSA) is 35.5 Å². The van der Waals surface area contributed by atoms with E-state index in [9.17, 15) is 5.11 Å². The van der Waals surface area contributed by atoms with Gasteiger partial charge >= 0.3 is 0 Å². The molecule has 21 heavy (non-hydrogen) atoms. The average molecular weight is 335 g/mol. The fourth-order valence-corrected chi connectivity index (χ4v) is 2.95. The van der Waals surface area contributed by atoms with Gasteiger partial charge in [-0.15, -0.1) is 24.8 Å². The normalized spacial score (nSPS) is 18.2. The number of nitrogens with zero attached hydrogens (tertiary/aromatic N) is 1. The third kappa shape index (κ3) is 5.03. The quantitative estimate of drug-likeness (QED) is 0.883. The molecule has 2 atom stereocenters. The van der Waals surface area contributed by atoms with E-state index in [4.69, 9.17) is 0 Å². The third-order valence-electron chi connectivity index (χ3n) is 4.23. The molecule has 0 aliphatic carbocycles. The highest BCUT2D eigenvalue weighted by molar-refractivity contribution is 5.85. The zero-order valence-electron chi connectivity index (χ0n) is 13.1. The molecule has 1 saturated heterocycles. The number of halogens is 2. The molecule has 1 aromatic carbocycles. The number of aromatic hydroxyl groups is 1. The van der Waals surface area contributed by atoms with E-state index in [-0.39, 0.29) is 24.8 Å². The van der Waals surface area contributed by atoms with Gasteiger partial charge in [-0.05, 0) is 24.5 Å². The van der Waals surface area contributed by atoms with Crippen LogP contribution in [0.15, 0.2) is 18.2 Å². The minimum atomic E-state index is 0. The summed E-state index contributed by atoms with van der Waals surface area (Å²) in [5, 5.41) is 13.7. The van der Waals surface area contributed by atoms with Crippen LogP contribution in [0.1, 0.15) is 37.4 Å². The summed E-state index contributed by atoms with van der Waals surface area (Å²) in [5.74, 6) is 0.996. The van der Waals surface area contributed by atoms with Gasteiger partial charge in [-0.25, -0.2) is 0 Å². The minimum Gasteiger partial charge on any atom is -0.508 e. The Bertz CT molecular complexity index is 423. The summed E-state index contributed by atoms with van der Waals surface area (Å²) in [6, 6.07) is 6.41. The third-order valence-corrected chi connectivity index (χ3v) is 4.23. The van der Waals surface area contributed by atoms with Gasteiger partial charge in [0, 0.05) is 37.8 Å². The Kier molecular flexibility index (Phi) is 9.30. The van der Waals surface area contributed by atoms with Crippen LogP contribution in [0.2, 0.25) is 0 Å². The van der Waals surface area contributed by atoms with E-state index < -0.39 is 0 Å². The number of nitrogens with one attached hydrogen (secondary N) is 1. The van der Waals surface area contributed by atoms with Crippen LogP contribution < -0.4 is 5.32 Å². The van der Waals surface area contributed by atoms with Crippen LogP contribution in [0.25, 0.3) is 0 Å². The van der Waals surface area contributed by atoms with Crippen LogP contribution in [-0.4, -0.2) is 36.2 Å². The Balaban J connectivity index is 0.00000200. The summed E-state index contributed by atoms with van der Waals surface area (Å²) in [6.45, 7) is 10.7. The second kappa shape index (κ2) is 9.52. The summed E-state index contributed by atoms with van der Waals surface area (Å²) in [5.41, 5.74) is 2.20. The lowest BCUT2D eigenvalue weighted by Crippen LogP contribution is -2.46. The van der Waals surface area contributed by atoms with Crippen molar-refractivity contribution in [2.24, 2.45) is 5.92 Å². The van der Waals surface area contributed by atoms with E-state index in [1.54, 1.807) is 0 Å². The van der Waals surface area contributed by atoms with Crippen molar-refractivity contribution in [3.05, 3.63) is 29.3 Å². The second-order valence-electron chi connectivity index (χ2n) is 5.68. The number of phenols is 1. The van der Waals surface area contributed by atoms with Crippen molar-refractivity contribution in [2.75, 3.05) is 26.2 Å². The molecule has 1 aliphatic rings. The Labute approximate surface area is 140 Å². The summed E-state index contributed by atoms with van der Waals surface area (Å²) in [4.78, 5) is 2.51. The molecule has 2 rings (SSSR count). The van der Waals surface area contributed by atoms with Gasteiger partial charge in [0.1, 0.15) is 5.75 Å². The van der Waals surface area contributed by atoms with Gasteiger partial charge in [-0.1, -0.05) is 32.4 Å². The highest BCUT2D eigenvalue weighted by Crippen LogP contribution is 2.36. The lowest BCUT2D eigenvalue weighted by molar-refractivity contribution is 0.126. The smallest absolute Gasteiger partial charge is 0.120 e. The Morgan fingerprint density at radius 3 is 2.38 bits per heavy atom. The molecule has 1 heterocycles. The maximum Gasteiger partial charge on any atom is 0.120 e. The van der Waals surface area contributed by atoms with E-state index >= 15 is 0 Å². The Morgan fingerprint density at radius 2 is 1.86 bits per heavy atom. The van der Waals surface area contributed by atoms with Crippen molar-refractivity contribution >= 4 is 24.8 Å². The van der Waals surface area contributed by atoms with Crippen molar-refractivity contribution in [3.8, 4) is 5.75 Å². The summed E-state index contributed by atoms with van der Waals surface area (Å²) >= 11 is 0. The second-order valence-corrected chi connectivity index (χ2v) is 5.68. The molecule has 1 aromatic rings. The average Bonchev–Trinajstić information content (AvgIpc) is 2.42. The standard InChI is InChI=1S/C16H26N2O.2ClH/c1-4-13(3)16(18-9-7-17-8-10-18)14-6-5-12(2)11-15(14)19;;/h5-6,11,13,16-17,19H,4,7-10H2,1-3H3;2*1H/t13?,16-;;/m0../s1. The number of benzene rings is 1. The van der Waals surface area contributed by atoms with Crippen LogP contribution in [0.5, 0.6) is 5.75 Å². The first-order valence-electron chi connectivity index (χ1n) is 7.37. The first kappa shape index (κ1) is 20.5. The molecule has 3 nitrogen and oxygen atoms in total. The molecular weight excluding hydrogens is 307 g/mol. The zero-order valence-corrected chi connectivity index (χ0v) is 14.8. The van der Waals surface area contributed by atoms with Crippen LogP contribution in [0.3, 0.4) is 0 Å². The summed E-state index contributed by atoms with van der Waals surface area (Å²) in [6.07, 6.45) is 1.13. The van der Waals surface area contributed by atoms with Crippen molar-refractivity contribution in [1.82, 2.24) is 10.2 Å². The largest absolute Gasteiger partial charge is 0.508 e. The zero-order chi connectivity index (χ0) is 13.8. The van der Waals surface area contributed by atoms with E-state index in [0.717, 1.165) is 43.7 Å². The molecule has 5 heteroatoms. The predicted octanol–water partition coefficient (Wildman–Crippen LogP) is 3.54. The maximum atomic E-state index is 10.3. The lowest BCUT2D eigenvalue weighted by Gasteiger charge is -2.38. The molecule has 0 radical (unpaired) electrons. The fourth-order valence-electron chi connectivity index (χ4n) is 2.95. The van der Waals surface area contributed by atoms with E-state index in [1.165, 1.54) is 0 Å². The van der Waals surface area contributed by atoms with Crippen LogP contribution in [0.4, 0.5) is 0 Å². The van der Waals surface area contributed by atoms with Crippen molar-refractivity contribution in [1.29, 1.82) is 0 Å². The predicted molar refractivity (Wildman–Crippen MR) is 94.0 cm³/mol. The number of aryl methyl sites for hydroxylation is 1. The molecular formula is C16H28Cl2N2O. The van der Waals surface area contributed by atoms with Gasteiger partial charge in [0.05, 0.1) is 0 Å². The molecule has 1 unspecified atom stereocenters. The number of phenolic OH excluding ortho intramolecular Hbond substituents is 1. The number of hydrogen-bond donors (Lipinski definition) is 2. The lowest BCUT2D eigenvalue weighted by atomic mass is 9.89. The Morgan fingerprint density at radius 1 is 1.24 bits per heavy atom. The minimum absolute atomic E-state index is 0. The van der Waals surface area contributed by atoms with Crippen LogP contribution in [0, 0.1) is 12.8 Å². The molecule has 122 valence electrons. The maximum absolute atomic E-state index is 10.3. The van der Waals surface area contributed by atoms with Crippen molar-refractivity contribution < 1.29 is 5.11 Å². The van der Waals surface area contributed by atoms with Gasteiger partial charge in [0.25, 0.3) is 0 Å². The van der Waals surface area contributed by atoms with Gasteiger partial charge in [-0.3, -0.25) is 4.90 Å². The molecule has 0 amide bonds. The monoisotopic (exact) mass is 334 g/mol. The molecule has 0 aromatic heterocycles. The SMILES string of the molecule is CCC(C)[C@@H](c1ccc(C)cc1O)N1CCNCC1.Cl.Cl. The summed E-state index contributed by atoms with van der Waals surface area (Å²) < 4.78 is 0. The molecule has 2 N–H and O–H groups in total. The molecule has 0 saturated carbocycles. The summed E-state index contributed by atoms with van der Waals surface area (Å²) in [7, 11) is 0. The Hall–Kier alpha value is -0.480. The van der Waals surface area contributed by atoms with Gasteiger partial charge < -0.3 is 10.4 Å². The van der Waals surface area contributed by atoms with Gasteiger partial charge in [0.2, 0.25) is 0 Å². The fraction of sp³-hybridized carbons (Fsp3) is 0.625. The highest BCUT2D eigenvalue weighted by atomic mass is 35.5. The van der Waals surface area contributed by atoms with Crippen LogP contribution >= 0.6 is 24.8 Å². The number of piperazine rings is 1. The molecule has 0 bridgehead atoms. The number of rotatable bonds is 4. The van der Waals surface area contributed by atoms with E-state index in [1.807, 2.05) is 13.0 Å².